The molecular formula is C14H20O4. The minimum Gasteiger partial charge on any atom is -0.390 e. The smallest absolute Gasteiger partial charge is 0.174 e. The molecule has 0 aromatic carbocycles. The van der Waals surface area contributed by atoms with Gasteiger partial charge in [0.1, 0.15) is 12.4 Å². The van der Waals surface area contributed by atoms with Gasteiger partial charge in [-0.25, -0.2) is 0 Å². The Morgan fingerprint density at radius 1 is 1.33 bits per heavy atom. The second-order valence-electron chi connectivity index (χ2n) is 4.58. The van der Waals surface area contributed by atoms with Crippen LogP contribution in [0.4, 0.5) is 0 Å². The molecule has 4 atom stereocenters. The minimum absolute atomic E-state index is 0.231. The largest absolute Gasteiger partial charge is 0.390 e. The highest BCUT2D eigenvalue weighted by Crippen LogP contribution is 2.28. The maximum atomic E-state index is 11.6. The Morgan fingerprint density at radius 2 is 2.06 bits per heavy atom. The van der Waals surface area contributed by atoms with E-state index < -0.39 is 23.9 Å². The summed E-state index contributed by atoms with van der Waals surface area (Å²) in [5, 5.41) is 18.9. The van der Waals surface area contributed by atoms with Crippen LogP contribution >= 0.6 is 0 Å². The fourth-order valence-electron chi connectivity index (χ4n) is 2.07. The molecule has 0 bridgehead atoms. The zero-order valence-electron chi connectivity index (χ0n) is 10.5. The molecule has 1 aliphatic carbocycles. The number of carbonyl (C=O) groups excluding carboxylic acids is 2. The number of allylic oxidation sites excluding steroid dienone is 4. The van der Waals surface area contributed by atoms with Crippen molar-refractivity contribution in [1.29, 1.82) is 0 Å². The van der Waals surface area contributed by atoms with Crippen LogP contribution in [0.3, 0.4) is 0 Å². The summed E-state index contributed by atoms with van der Waals surface area (Å²) in [6.07, 6.45) is 7.72. The molecule has 4 heteroatoms. The van der Waals surface area contributed by atoms with Gasteiger partial charge in [0.25, 0.3) is 0 Å². The summed E-state index contributed by atoms with van der Waals surface area (Å²) in [7, 11) is 0. The summed E-state index contributed by atoms with van der Waals surface area (Å²) in [6.45, 7) is 2.08. The lowest BCUT2D eigenvalue weighted by molar-refractivity contribution is -0.146. The number of carbonyl (C=O) groups is 2. The lowest BCUT2D eigenvalue weighted by Crippen LogP contribution is -2.47. The van der Waals surface area contributed by atoms with Crippen molar-refractivity contribution in [2.24, 2.45) is 11.8 Å². The Hall–Kier alpha value is -1.26. The van der Waals surface area contributed by atoms with Crippen LogP contribution in [0.1, 0.15) is 26.2 Å². The molecule has 0 heterocycles. The van der Waals surface area contributed by atoms with Crippen molar-refractivity contribution in [3.05, 3.63) is 24.3 Å². The number of aliphatic hydroxyl groups excluding tert-OH is 2. The van der Waals surface area contributed by atoms with Gasteiger partial charge in [-0.05, 0) is 18.8 Å². The Bertz CT molecular complexity index is 346. The van der Waals surface area contributed by atoms with E-state index in [-0.39, 0.29) is 12.3 Å². The van der Waals surface area contributed by atoms with Gasteiger partial charge in [-0.3, -0.25) is 4.79 Å². The number of hydrogen-bond acceptors (Lipinski definition) is 4. The van der Waals surface area contributed by atoms with Gasteiger partial charge >= 0.3 is 0 Å². The fraction of sp³-hybridized carbons (Fsp3) is 0.571. The molecule has 100 valence electrons. The normalized spacial score (nSPS) is 33.4. The molecular weight excluding hydrogens is 232 g/mol. The monoisotopic (exact) mass is 252 g/mol. The molecule has 1 rings (SSSR count). The zero-order chi connectivity index (χ0) is 13.5. The van der Waals surface area contributed by atoms with Crippen molar-refractivity contribution in [3.63, 3.8) is 0 Å². The van der Waals surface area contributed by atoms with Gasteiger partial charge in [-0.1, -0.05) is 37.6 Å². The summed E-state index contributed by atoms with van der Waals surface area (Å²) in [4.78, 5) is 22.5. The number of ketones is 1. The summed E-state index contributed by atoms with van der Waals surface area (Å²) >= 11 is 0. The average Bonchev–Trinajstić information content (AvgIpc) is 2.36. The van der Waals surface area contributed by atoms with Crippen LogP contribution in [0.5, 0.6) is 0 Å². The van der Waals surface area contributed by atoms with Crippen LogP contribution < -0.4 is 0 Å². The van der Waals surface area contributed by atoms with Crippen LogP contribution in [0.2, 0.25) is 0 Å². The first-order valence-electron chi connectivity index (χ1n) is 6.30. The third-order valence-corrected chi connectivity index (χ3v) is 3.17. The summed E-state index contributed by atoms with van der Waals surface area (Å²) in [5.74, 6) is -1.77. The molecule has 1 fully saturated rings. The van der Waals surface area contributed by atoms with E-state index >= 15 is 0 Å². The fourth-order valence-corrected chi connectivity index (χ4v) is 2.07. The van der Waals surface area contributed by atoms with E-state index in [1.54, 1.807) is 12.2 Å². The maximum Gasteiger partial charge on any atom is 0.174 e. The highest BCUT2D eigenvalue weighted by atomic mass is 16.3. The third-order valence-electron chi connectivity index (χ3n) is 3.17. The van der Waals surface area contributed by atoms with Crippen LogP contribution in [-0.4, -0.2) is 34.5 Å². The first kappa shape index (κ1) is 14.8. The minimum atomic E-state index is -1.43. The van der Waals surface area contributed by atoms with Crippen LogP contribution in [0.25, 0.3) is 0 Å². The number of Topliss-reactive ketones (excluding diaryl/α,β-unsaturated/α-hetero) is 1. The molecule has 0 radical (unpaired) electrons. The Kier molecular flexibility index (Phi) is 5.95. The SMILES string of the molecule is CCC/C=C/C=C/C1CC(O)C(O)C(=O)C1C=O. The van der Waals surface area contributed by atoms with Crippen LogP contribution in [-0.2, 0) is 9.59 Å². The van der Waals surface area contributed by atoms with Crippen molar-refractivity contribution in [2.75, 3.05) is 0 Å². The molecule has 1 aliphatic rings. The summed E-state index contributed by atoms with van der Waals surface area (Å²) in [5.41, 5.74) is 0. The molecule has 0 amide bonds. The topological polar surface area (TPSA) is 74.6 Å². The van der Waals surface area contributed by atoms with E-state index in [4.69, 9.17) is 0 Å². The molecule has 2 N–H and O–H groups in total. The van der Waals surface area contributed by atoms with Crippen molar-refractivity contribution in [3.8, 4) is 0 Å². The standard InChI is InChI=1S/C14H20O4/c1-2-3-4-5-6-7-10-8-12(16)14(18)13(17)11(10)9-15/h4-7,9-12,14,16,18H,2-3,8H2,1H3/b5-4+,7-6+. The van der Waals surface area contributed by atoms with Gasteiger partial charge < -0.3 is 15.0 Å². The zero-order valence-corrected chi connectivity index (χ0v) is 10.5. The lowest BCUT2D eigenvalue weighted by Gasteiger charge is -2.31. The highest BCUT2D eigenvalue weighted by molar-refractivity contribution is 5.97. The number of unbranched alkanes of at least 4 members (excludes halogenated alkanes) is 1. The van der Waals surface area contributed by atoms with E-state index in [9.17, 15) is 19.8 Å². The molecule has 4 unspecified atom stereocenters. The van der Waals surface area contributed by atoms with Crippen molar-refractivity contribution >= 4 is 12.1 Å². The van der Waals surface area contributed by atoms with Crippen LogP contribution in [0.15, 0.2) is 24.3 Å². The molecule has 18 heavy (non-hydrogen) atoms. The van der Waals surface area contributed by atoms with Gasteiger partial charge in [-0.2, -0.15) is 0 Å². The molecule has 0 aromatic heterocycles. The maximum absolute atomic E-state index is 11.6. The third kappa shape index (κ3) is 3.62. The van der Waals surface area contributed by atoms with Crippen LogP contribution in [0, 0.1) is 11.8 Å². The predicted molar refractivity (Wildman–Crippen MR) is 67.9 cm³/mol. The number of hydrogen-bond donors (Lipinski definition) is 2. The van der Waals surface area contributed by atoms with E-state index in [2.05, 4.69) is 6.92 Å². The number of aldehydes is 1. The van der Waals surface area contributed by atoms with Gasteiger partial charge in [0.05, 0.1) is 12.0 Å². The lowest BCUT2D eigenvalue weighted by atomic mass is 9.76. The van der Waals surface area contributed by atoms with Crippen molar-refractivity contribution in [2.45, 2.75) is 38.4 Å². The van der Waals surface area contributed by atoms with Gasteiger partial charge in [-0.15, -0.1) is 0 Å². The van der Waals surface area contributed by atoms with Crippen molar-refractivity contribution in [1.82, 2.24) is 0 Å². The second-order valence-corrected chi connectivity index (χ2v) is 4.58. The summed E-state index contributed by atoms with van der Waals surface area (Å²) < 4.78 is 0. The van der Waals surface area contributed by atoms with E-state index in [0.29, 0.717) is 6.29 Å². The summed E-state index contributed by atoms with van der Waals surface area (Å²) in [6, 6.07) is 0. The Morgan fingerprint density at radius 3 is 2.67 bits per heavy atom. The second kappa shape index (κ2) is 7.24. The molecule has 0 spiro atoms. The molecule has 0 aromatic rings. The Labute approximate surface area is 107 Å². The molecule has 4 nitrogen and oxygen atoms in total. The average molecular weight is 252 g/mol. The highest BCUT2D eigenvalue weighted by Gasteiger charge is 2.41. The van der Waals surface area contributed by atoms with Gasteiger partial charge in [0.2, 0.25) is 0 Å². The van der Waals surface area contributed by atoms with Crippen molar-refractivity contribution < 1.29 is 19.8 Å². The van der Waals surface area contributed by atoms with E-state index in [1.807, 2.05) is 12.2 Å². The van der Waals surface area contributed by atoms with Gasteiger partial charge in [0.15, 0.2) is 5.78 Å². The van der Waals surface area contributed by atoms with E-state index in [0.717, 1.165) is 12.8 Å². The molecule has 0 aliphatic heterocycles. The predicted octanol–water partition coefficient (Wildman–Crippen LogP) is 1.02. The molecule has 1 saturated carbocycles. The van der Waals surface area contributed by atoms with Gasteiger partial charge in [0, 0.05) is 0 Å². The number of rotatable bonds is 5. The number of aliphatic hydroxyl groups is 2. The first-order chi connectivity index (χ1) is 8.61. The quantitative estimate of drug-likeness (QED) is 0.435. The first-order valence-corrected chi connectivity index (χ1v) is 6.30. The van der Waals surface area contributed by atoms with E-state index in [1.165, 1.54) is 0 Å². The Balaban J connectivity index is 2.68. The molecule has 0 saturated heterocycles.